The Hall–Kier alpha value is -1.19. The fourth-order valence-electron chi connectivity index (χ4n) is 2.26. The van der Waals surface area contributed by atoms with Crippen molar-refractivity contribution in [1.82, 2.24) is 9.78 Å². The molecule has 0 saturated carbocycles. The minimum atomic E-state index is 0.686. The van der Waals surface area contributed by atoms with E-state index in [9.17, 15) is 0 Å². The van der Waals surface area contributed by atoms with Gasteiger partial charge in [0.15, 0.2) is 5.82 Å². The summed E-state index contributed by atoms with van der Waals surface area (Å²) in [6, 6.07) is 0. The van der Waals surface area contributed by atoms with E-state index in [1.807, 2.05) is 11.7 Å². The quantitative estimate of drug-likeness (QED) is 0.801. The third-order valence-corrected chi connectivity index (χ3v) is 2.76. The molecule has 0 fully saturated rings. The van der Waals surface area contributed by atoms with Gasteiger partial charge in [-0.15, -0.1) is 0 Å². The summed E-state index contributed by atoms with van der Waals surface area (Å²) in [6.45, 7) is 9.77. The van der Waals surface area contributed by atoms with E-state index in [0.717, 1.165) is 25.3 Å². The summed E-state index contributed by atoms with van der Waals surface area (Å²) in [5.41, 5.74) is 2.31. The number of anilines is 2. The topological polar surface area (TPSA) is 33.1 Å². The lowest BCUT2D eigenvalue weighted by Gasteiger charge is -2.31. The predicted molar refractivity (Wildman–Crippen MR) is 63.5 cm³/mol. The molecule has 0 unspecified atom stereocenters. The van der Waals surface area contributed by atoms with Crippen molar-refractivity contribution >= 4 is 11.5 Å². The normalized spacial score (nSPS) is 15.4. The molecule has 0 bridgehead atoms. The Bertz CT molecular complexity index is 354. The molecule has 1 aromatic heterocycles. The first-order valence-corrected chi connectivity index (χ1v) is 5.62. The molecule has 0 amide bonds. The number of aromatic nitrogens is 2. The predicted octanol–water partition coefficient (Wildman–Crippen LogP) is 1.62. The maximum atomic E-state index is 4.46. The number of aryl methyl sites for hydroxylation is 2. The maximum absolute atomic E-state index is 4.46. The van der Waals surface area contributed by atoms with Crippen LogP contribution in [0.15, 0.2) is 0 Å². The van der Waals surface area contributed by atoms with E-state index in [4.69, 9.17) is 0 Å². The number of hydrogen-bond acceptors (Lipinski definition) is 3. The summed E-state index contributed by atoms with van der Waals surface area (Å²) >= 11 is 0. The van der Waals surface area contributed by atoms with E-state index >= 15 is 0 Å². The van der Waals surface area contributed by atoms with Crippen LogP contribution in [0.5, 0.6) is 0 Å². The lowest BCUT2D eigenvalue weighted by Crippen LogP contribution is -2.37. The highest BCUT2D eigenvalue weighted by atomic mass is 15.4. The smallest absolute Gasteiger partial charge is 0.150 e. The highest BCUT2D eigenvalue weighted by molar-refractivity contribution is 5.71. The molecule has 84 valence electrons. The van der Waals surface area contributed by atoms with Crippen molar-refractivity contribution < 1.29 is 0 Å². The van der Waals surface area contributed by atoms with E-state index in [0.29, 0.717) is 5.92 Å². The molecule has 1 N–H and O–H groups in total. The standard InChI is InChI=1S/C11H20N4/c1-8(2)7-15-6-5-12-10-9(3)13-14(4)11(10)15/h8,12H,5-7H2,1-4H3. The first kappa shape index (κ1) is 10.3. The van der Waals surface area contributed by atoms with Crippen LogP contribution in [0.3, 0.4) is 0 Å². The van der Waals surface area contributed by atoms with Crippen molar-refractivity contribution in [3.63, 3.8) is 0 Å². The molecule has 2 heterocycles. The van der Waals surface area contributed by atoms with Crippen LogP contribution in [0.2, 0.25) is 0 Å². The molecular formula is C11H20N4. The van der Waals surface area contributed by atoms with Crippen LogP contribution in [0.1, 0.15) is 19.5 Å². The minimum Gasteiger partial charge on any atom is -0.379 e. The number of fused-ring (bicyclic) bond motifs is 1. The second-order valence-electron chi connectivity index (χ2n) is 4.67. The number of rotatable bonds is 2. The lowest BCUT2D eigenvalue weighted by atomic mass is 10.2. The van der Waals surface area contributed by atoms with Crippen LogP contribution in [-0.4, -0.2) is 29.4 Å². The molecule has 0 spiro atoms. The Morgan fingerprint density at radius 3 is 2.87 bits per heavy atom. The molecule has 0 aliphatic carbocycles. The summed E-state index contributed by atoms with van der Waals surface area (Å²) < 4.78 is 1.99. The molecule has 1 aliphatic heterocycles. The van der Waals surface area contributed by atoms with Crippen LogP contribution < -0.4 is 10.2 Å². The van der Waals surface area contributed by atoms with Crippen LogP contribution in [0.4, 0.5) is 11.5 Å². The van der Waals surface area contributed by atoms with Gasteiger partial charge in [-0.25, -0.2) is 0 Å². The molecule has 1 aliphatic rings. The second kappa shape index (κ2) is 3.76. The van der Waals surface area contributed by atoms with Gasteiger partial charge < -0.3 is 10.2 Å². The van der Waals surface area contributed by atoms with Gasteiger partial charge in [-0.05, 0) is 12.8 Å². The van der Waals surface area contributed by atoms with Crippen LogP contribution in [0.25, 0.3) is 0 Å². The molecule has 0 atom stereocenters. The summed E-state index contributed by atoms with van der Waals surface area (Å²) in [6.07, 6.45) is 0. The highest BCUT2D eigenvalue weighted by Crippen LogP contribution is 2.31. The van der Waals surface area contributed by atoms with E-state index in [1.165, 1.54) is 11.5 Å². The van der Waals surface area contributed by atoms with Crippen molar-refractivity contribution in [2.45, 2.75) is 20.8 Å². The molecule has 1 aromatic rings. The fraction of sp³-hybridized carbons (Fsp3) is 0.727. The lowest BCUT2D eigenvalue weighted by molar-refractivity contribution is 0.591. The Morgan fingerprint density at radius 2 is 2.20 bits per heavy atom. The van der Waals surface area contributed by atoms with E-state index in [1.54, 1.807) is 0 Å². The molecule has 2 rings (SSSR count). The zero-order valence-corrected chi connectivity index (χ0v) is 10.0. The number of nitrogens with one attached hydrogen (secondary N) is 1. The van der Waals surface area contributed by atoms with Gasteiger partial charge in [-0.3, -0.25) is 4.68 Å². The van der Waals surface area contributed by atoms with Gasteiger partial charge in [-0.1, -0.05) is 13.8 Å². The van der Waals surface area contributed by atoms with Gasteiger partial charge >= 0.3 is 0 Å². The highest BCUT2D eigenvalue weighted by Gasteiger charge is 2.23. The average Bonchev–Trinajstić information content (AvgIpc) is 2.43. The SMILES string of the molecule is Cc1nn(C)c2c1NCCN2CC(C)C. The first-order valence-electron chi connectivity index (χ1n) is 5.62. The molecule has 0 saturated heterocycles. The monoisotopic (exact) mass is 208 g/mol. The molecule has 0 radical (unpaired) electrons. The summed E-state index contributed by atoms with van der Waals surface area (Å²) in [4.78, 5) is 2.43. The van der Waals surface area contributed by atoms with Gasteiger partial charge in [-0.2, -0.15) is 5.10 Å². The van der Waals surface area contributed by atoms with Gasteiger partial charge in [0.2, 0.25) is 0 Å². The van der Waals surface area contributed by atoms with Crippen molar-refractivity contribution in [3.8, 4) is 0 Å². The van der Waals surface area contributed by atoms with Crippen molar-refractivity contribution in [2.75, 3.05) is 29.9 Å². The van der Waals surface area contributed by atoms with Gasteiger partial charge in [0.05, 0.1) is 5.69 Å². The maximum Gasteiger partial charge on any atom is 0.150 e. The largest absolute Gasteiger partial charge is 0.379 e. The van der Waals surface area contributed by atoms with Crippen LogP contribution in [0, 0.1) is 12.8 Å². The third kappa shape index (κ3) is 1.80. The Labute approximate surface area is 91.3 Å². The van der Waals surface area contributed by atoms with E-state index < -0.39 is 0 Å². The summed E-state index contributed by atoms with van der Waals surface area (Å²) in [7, 11) is 2.02. The number of nitrogens with zero attached hydrogens (tertiary/aromatic N) is 3. The van der Waals surface area contributed by atoms with Crippen LogP contribution >= 0.6 is 0 Å². The first-order chi connectivity index (χ1) is 7.09. The van der Waals surface area contributed by atoms with Gasteiger partial charge in [0.25, 0.3) is 0 Å². The zero-order chi connectivity index (χ0) is 11.0. The molecule has 0 aromatic carbocycles. The second-order valence-corrected chi connectivity index (χ2v) is 4.67. The van der Waals surface area contributed by atoms with E-state index in [2.05, 4.69) is 36.1 Å². The zero-order valence-electron chi connectivity index (χ0n) is 10.0. The average molecular weight is 208 g/mol. The molecule has 15 heavy (non-hydrogen) atoms. The summed E-state index contributed by atoms with van der Waals surface area (Å²) in [5.74, 6) is 1.93. The summed E-state index contributed by atoms with van der Waals surface area (Å²) in [5, 5.41) is 7.89. The molecule has 4 heteroatoms. The van der Waals surface area contributed by atoms with Gasteiger partial charge in [0, 0.05) is 26.7 Å². The Balaban J connectivity index is 2.33. The van der Waals surface area contributed by atoms with E-state index in [-0.39, 0.29) is 0 Å². The van der Waals surface area contributed by atoms with Gasteiger partial charge in [0.1, 0.15) is 5.69 Å². The fourth-order valence-corrected chi connectivity index (χ4v) is 2.26. The minimum absolute atomic E-state index is 0.686. The van der Waals surface area contributed by atoms with Crippen molar-refractivity contribution in [2.24, 2.45) is 13.0 Å². The molecule has 4 nitrogen and oxygen atoms in total. The van der Waals surface area contributed by atoms with Crippen molar-refractivity contribution in [1.29, 1.82) is 0 Å². The van der Waals surface area contributed by atoms with Crippen molar-refractivity contribution in [3.05, 3.63) is 5.69 Å². The number of hydrogen-bond donors (Lipinski definition) is 1. The Morgan fingerprint density at radius 1 is 1.47 bits per heavy atom. The Kier molecular flexibility index (Phi) is 2.59. The molecular weight excluding hydrogens is 188 g/mol. The third-order valence-electron chi connectivity index (χ3n) is 2.76. The van der Waals surface area contributed by atoms with Crippen LogP contribution in [-0.2, 0) is 7.05 Å².